The van der Waals surface area contributed by atoms with Crippen LogP contribution in [0.15, 0.2) is 46.4 Å². The Kier molecular flexibility index (Phi) is 7.48. The molecule has 5 nitrogen and oxygen atoms in total. The lowest BCUT2D eigenvalue weighted by Crippen LogP contribution is -2.22. The normalized spacial score (nSPS) is 12.8. The summed E-state index contributed by atoms with van der Waals surface area (Å²) >= 11 is 11.9. The first kappa shape index (κ1) is 23.3. The molecule has 0 fully saturated rings. The van der Waals surface area contributed by atoms with Gasteiger partial charge in [-0.3, -0.25) is 0 Å². The average Bonchev–Trinajstić information content (AvgIpc) is 2.65. The molecule has 0 spiro atoms. The number of nitrogens with zero attached hydrogens (tertiary/aromatic N) is 3. The van der Waals surface area contributed by atoms with Crippen molar-refractivity contribution in [2.24, 2.45) is 21.5 Å². The van der Waals surface area contributed by atoms with E-state index in [1.165, 1.54) is 36.4 Å². The number of rotatable bonds is 5. The molecule has 1 atom stereocenters. The third-order valence-corrected chi connectivity index (χ3v) is 4.87. The fraction of sp³-hybridized carbons (Fsp3) is 0.150. The number of hydrogen-bond donors (Lipinski definition) is 2. The van der Waals surface area contributed by atoms with Crippen LogP contribution in [-0.2, 0) is 0 Å². The molecule has 0 aliphatic rings. The second-order valence-electron chi connectivity index (χ2n) is 6.20. The van der Waals surface area contributed by atoms with E-state index in [2.05, 4.69) is 9.98 Å². The summed E-state index contributed by atoms with van der Waals surface area (Å²) in [5.41, 5.74) is 11.6. The molecule has 1 unspecified atom stereocenters. The lowest BCUT2D eigenvalue weighted by Gasteiger charge is -2.19. The molecule has 0 aliphatic carbocycles. The molecule has 0 aliphatic heterocycles. The van der Waals surface area contributed by atoms with Gasteiger partial charge in [-0.1, -0.05) is 47.5 Å². The lowest BCUT2D eigenvalue weighted by molar-refractivity contribution is -0.139. The molecule has 0 bridgehead atoms. The summed E-state index contributed by atoms with van der Waals surface area (Å²) in [5, 5.41) is 9.54. The first-order valence-electron chi connectivity index (χ1n) is 8.38. The Morgan fingerprint density at radius 3 is 2.47 bits per heavy atom. The molecule has 0 radical (unpaired) electrons. The summed E-state index contributed by atoms with van der Waals surface area (Å²) in [6.07, 6.45) is -1.20. The van der Waals surface area contributed by atoms with Gasteiger partial charge in [0.05, 0.1) is 27.2 Å². The van der Waals surface area contributed by atoms with Gasteiger partial charge < -0.3 is 11.5 Å². The van der Waals surface area contributed by atoms with E-state index in [4.69, 9.17) is 34.7 Å². The SMILES string of the molecule is Cc1cc(C(/C=C/c2ccc(N=CN=C(N)N)c(C#N)c2)C(F)(F)F)cc(Cl)c1Cl. The molecule has 0 saturated carbocycles. The third kappa shape index (κ3) is 5.99. The second kappa shape index (κ2) is 9.65. The van der Waals surface area contributed by atoms with E-state index in [0.29, 0.717) is 11.1 Å². The zero-order valence-corrected chi connectivity index (χ0v) is 17.1. The number of allylic oxidation sites excluding steroid dienone is 1. The van der Waals surface area contributed by atoms with Crippen molar-refractivity contribution in [3.63, 3.8) is 0 Å². The van der Waals surface area contributed by atoms with Crippen molar-refractivity contribution in [3.05, 3.63) is 68.7 Å². The summed E-state index contributed by atoms with van der Waals surface area (Å²) in [5.74, 6) is -2.11. The molecule has 10 heteroatoms. The van der Waals surface area contributed by atoms with Crippen LogP contribution in [0.3, 0.4) is 0 Å². The quantitative estimate of drug-likeness (QED) is 0.463. The zero-order valence-electron chi connectivity index (χ0n) is 15.6. The van der Waals surface area contributed by atoms with Crippen LogP contribution < -0.4 is 11.5 Å². The van der Waals surface area contributed by atoms with Crippen molar-refractivity contribution in [1.29, 1.82) is 5.26 Å². The maximum absolute atomic E-state index is 13.7. The molecule has 2 aromatic rings. The molecule has 30 heavy (non-hydrogen) atoms. The topological polar surface area (TPSA) is 101 Å². The van der Waals surface area contributed by atoms with Gasteiger partial charge in [-0.05, 0) is 41.8 Å². The number of benzene rings is 2. The van der Waals surface area contributed by atoms with Gasteiger partial charge in [0.25, 0.3) is 0 Å². The Hall–Kier alpha value is -3.02. The van der Waals surface area contributed by atoms with E-state index in [-0.39, 0.29) is 32.8 Å². The van der Waals surface area contributed by atoms with Crippen molar-refractivity contribution in [1.82, 2.24) is 0 Å². The Bertz CT molecular complexity index is 1040. The number of aliphatic imine (C=N–C) groups is 2. The van der Waals surface area contributed by atoms with Crippen molar-refractivity contribution in [2.45, 2.75) is 19.0 Å². The molecular formula is C20H16Cl2F3N5. The van der Waals surface area contributed by atoms with Gasteiger partial charge in [0.1, 0.15) is 12.4 Å². The molecule has 156 valence electrons. The van der Waals surface area contributed by atoms with Gasteiger partial charge in [-0.2, -0.15) is 18.4 Å². The summed E-state index contributed by atoms with van der Waals surface area (Å²) in [4.78, 5) is 7.51. The molecular weight excluding hydrogens is 438 g/mol. The van der Waals surface area contributed by atoms with Gasteiger partial charge in [0.2, 0.25) is 0 Å². The minimum atomic E-state index is -4.55. The zero-order chi connectivity index (χ0) is 22.5. The molecule has 4 N–H and O–H groups in total. The summed E-state index contributed by atoms with van der Waals surface area (Å²) in [6.45, 7) is 1.58. The monoisotopic (exact) mass is 453 g/mol. The standard InChI is InChI=1S/C20H16Cl2F3N5/c1-11-6-13(8-16(21)18(11)22)15(20(23,24)25)4-2-12-3-5-17(14(7-12)9-26)29-10-30-19(27)28/h2-8,10,15H,1H3,(H4,27,28,29,30)/b4-2+. The van der Waals surface area contributed by atoms with Gasteiger partial charge in [0, 0.05) is 0 Å². The van der Waals surface area contributed by atoms with Crippen LogP contribution in [0.1, 0.15) is 28.2 Å². The van der Waals surface area contributed by atoms with Crippen LogP contribution in [0.5, 0.6) is 0 Å². The molecule has 0 saturated heterocycles. The van der Waals surface area contributed by atoms with E-state index in [1.54, 1.807) is 6.92 Å². The largest absolute Gasteiger partial charge is 0.399 e. The maximum Gasteiger partial charge on any atom is 0.399 e. The van der Waals surface area contributed by atoms with Crippen LogP contribution in [0.2, 0.25) is 10.0 Å². The minimum Gasteiger partial charge on any atom is -0.370 e. The third-order valence-electron chi connectivity index (χ3n) is 3.97. The Morgan fingerprint density at radius 2 is 1.90 bits per heavy atom. The van der Waals surface area contributed by atoms with Crippen molar-refractivity contribution >= 4 is 47.3 Å². The van der Waals surface area contributed by atoms with Gasteiger partial charge in [-0.25, -0.2) is 9.98 Å². The van der Waals surface area contributed by atoms with Crippen molar-refractivity contribution in [3.8, 4) is 6.07 Å². The Balaban J connectivity index is 2.40. The van der Waals surface area contributed by atoms with Gasteiger partial charge in [0.15, 0.2) is 5.96 Å². The summed E-state index contributed by atoms with van der Waals surface area (Å²) in [6, 6.07) is 8.88. The molecule has 2 rings (SSSR count). The predicted molar refractivity (Wildman–Crippen MR) is 114 cm³/mol. The Morgan fingerprint density at radius 1 is 1.20 bits per heavy atom. The first-order chi connectivity index (χ1) is 14.0. The highest BCUT2D eigenvalue weighted by Gasteiger charge is 2.39. The highest BCUT2D eigenvalue weighted by Crippen LogP contribution is 2.39. The fourth-order valence-electron chi connectivity index (χ4n) is 2.57. The molecule has 0 amide bonds. The fourth-order valence-corrected chi connectivity index (χ4v) is 2.95. The van der Waals surface area contributed by atoms with Gasteiger partial charge >= 0.3 is 6.18 Å². The van der Waals surface area contributed by atoms with Crippen LogP contribution in [0.4, 0.5) is 18.9 Å². The van der Waals surface area contributed by atoms with E-state index in [9.17, 15) is 18.4 Å². The van der Waals surface area contributed by atoms with E-state index in [0.717, 1.165) is 12.4 Å². The minimum absolute atomic E-state index is 0.0374. The highest BCUT2D eigenvalue weighted by atomic mass is 35.5. The van der Waals surface area contributed by atoms with Crippen LogP contribution in [0.25, 0.3) is 6.08 Å². The number of nitrogens with two attached hydrogens (primary N) is 2. The number of aryl methyl sites for hydroxylation is 1. The van der Waals surface area contributed by atoms with Crippen molar-refractivity contribution in [2.75, 3.05) is 0 Å². The molecule has 0 heterocycles. The lowest BCUT2D eigenvalue weighted by atomic mass is 9.95. The Labute approximate surface area is 181 Å². The molecule has 2 aromatic carbocycles. The summed E-state index contributed by atoms with van der Waals surface area (Å²) in [7, 11) is 0. The maximum atomic E-state index is 13.7. The van der Waals surface area contributed by atoms with Crippen LogP contribution >= 0.6 is 23.2 Å². The highest BCUT2D eigenvalue weighted by molar-refractivity contribution is 6.42. The number of halogens is 5. The van der Waals surface area contributed by atoms with Gasteiger partial charge in [-0.15, -0.1) is 0 Å². The van der Waals surface area contributed by atoms with E-state index in [1.807, 2.05) is 6.07 Å². The number of guanidine groups is 1. The summed E-state index contributed by atoms with van der Waals surface area (Å²) < 4.78 is 41.0. The first-order valence-corrected chi connectivity index (χ1v) is 9.14. The number of hydrogen-bond acceptors (Lipinski definition) is 2. The smallest absolute Gasteiger partial charge is 0.370 e. The number of nitriles is 1. The van der Waals surface area contributed by atoms with E-state index < -0.39 is 12.1 Å². The van der Waals surface area contributed by atoms with Crippen LogP contribution in [0, 0.1) is 18.3 Å². The predicted octanol–water partition coefficient (Wildman–Crippen LogP) is 5.47. The average molecular weight is 454 g/mol. The van der Waals surface area contributed by atoms with E-state index >= 15 is 0 Å². The number of alkyl halides is 3. The second-order valence-corrected chi connectivity index (χ2v) is 6.98. The van der Waals surface area contributed by atoms with Crippen molar-refractivity contribution < 1.29 is 13.2 Å². The molecule has 0 aromatic heterocycles. The van der Waals surface area contributed by atoms with Crippen LogP contribution in [-0.4, -0.2) is 18.5 Å².